The molecule has 9 nitrogen and oxygen atoms in total. The van der Waals surface area contributed by atoms with E-state index in [2.05, 4.69) is 10.2 Å². The molecule has 0 radical (unpaired) electrons. The molecule has 132 valence electrons. The summed E-state index contributed by atoms with van der Waals surface area (Å²) in [6, 6.07) is 10.2. The minimum atomic E-state index is -0.680. The van der Waals surface area contributed by atoms with Gasteiger partial charge in [0.05, 0.1) is 21.2 Å². The topological polar surface area (TPSA) is 134 Å². The van der Waals surface area contributed by atoms with E-state index in [9.17, 15) is 14.9 Å². The molecule has 3 aromatic rings. The average molecular weight is 375 g/mol. The van der Waals surface area contributed by atoms with Gasteiger partial charge in [-0.15, -0.1) is 10.2 Å². The highest BCUT2D eigenvalue weighted by molar-refractivity contribution is 6.33. The van der Waals surface area contributed by atoms with Gasteiger partial charge in [-0.1, -0.05) is 17.7 Å². The molecule has 0 aliphatic heterocycles. The van der Waals surface area contributed by atoms with Gasteiger partial charge in [-0.3, -0.25) is 10.1 Å². The number of carbonyl (C=O) groups excluding carboxylic acids is 1. The Labute approximate surface area is 151 Å². The molecule has 0 saturated heterocycles. The highest BCUT2D eigenvalue weighted by Gasteiger charge is 2.16. The molecule has 0 amide bonds. The number of halogens is 1. The lowest BCUT2D eigenvalue weighted by Crippen LogP contribution is -2.08. The Morgan fingerprint density at radius 2 is 1.96 bits per heavy atom. The number of nitro groups is 1. The standard InChI is InChI=1S/C16H11ClN4O5/c17-12-3-1-2-11(14(12)18)16(22)25-8-13-19-20-15(26-13)9-4-6-10(7-5-9)21(23)24/h1-7H,8,18H2. The zero-order valence-electron chi connectivity index (χ0n) is 13.1. The number of carbonyl (C=O) groups is 1. The van der Waals surface area contributed by atoms with Crippen molar-refractivity contribution in [2.45, 2.75) is 6.61 Å². The van der Waals surface area contributed by atoms with E-state index in [1.54, 1.807) is 12.1 Å². The summed E-state index contributed by atoms with van der Waals surface area (Å²) >= 11 is 5.86. The van der Waals surface area contributed by atoms with Gasteiger partial charge in [-0.2, -0.15) is 0 Å². The van der Waals surface area contributed by atoms with Crippen molar-refractivity contribution in [3.63, 3.8) is 0 Å². The van der Waals surface area contributed by atoms with Gasteiger partial charge < -0.3 is 14.9 Å². The van der Waals surface area contributed by atoms with Gasteiger partial charge in [0, 0.05) is 17.7 Å². The number of nitro benzene ring substituents is 1. The van der Waals surface area contributed by atoms with Gasteiger partial charge in [-0.05, 0) is 24.3 Å². The first kappa shape index (κ1) is 17.4. The van der Waals surface area contributed by atoms with Crippen LogP contribution in [-0.4, -0.2) is 21.1 Å². The predicted molar refractivity (Wildman–Crippen MR) is 91.4 cm³/mol. The number of rotatable bonds is 5. The third kappa shape index (κ3) is 3.62. The van der Waals surface area contributed by atoms with Crippen molar-refractivity contribution in [2.24, 2.45) is 0 Å². The van der Waals surface area contributed by atoms with Gasteiger partial charge in [0.15, 0.2) is 6.61 Å². The second-order valence-corrected chi connectivity index (χ2v) is 5.49. The Kier molecular flexibility index (Phi) is 4.81. The first-order valence-electron chi connectivity index (χ1n) is 7.24. The number of hydrogen-bond donors (Lipinski definition) is 1. The maximum atomic E-state index is 12.1. The summed E-state index contributed by atoms with van der Waals surface area (Å²) in [6.45, 7) is -0.259. The van der Waals surface area contributed by atoms with E-state index in [1.165, 1.54) is 30.3 Å². The Morgan fingerprint density at radius 3 is 2.65 bits per heavy atom. The highest BCUT2D eigenvalue weighted by atomic mass is 35.5. The van der Waals surface area contributed by atoms with Crippen molar-refractivity contribution in [3.05, 3.63) is 69.1 Å². The molecule has 0 bridgehead atoms. The van der Waals surface area contributed by atoms with Crippen LogP contribution in [0.1, 0.15) is 16.2 Å². The molecule has 1 aromatic heterocycles. The molecule has 0 saturated carbocycles. The molecule has 0 aliphatic carbocycles. The molecule has 2 aromatic carbocycles. The van der Waals surface area contributed by atoms with E-state index < -0.39 is 10.9 Å². The zero-order chi connectivity index (χ0) is 18.7. The van der Waals surface area contributed by atoms with Crippen LogP contribution in [0.25, 0.3) is 11.5 Å². The second-order valence-electron chi connectivity index (χ2n) is 5.08. The Bertz CT molecular complexity index is 971. The lowest BCUT2D eigenvalue weighted by molar-refractivity contribution is -0.384. The Morgan fingerprint density at radius 1 is 1.23 bits per heavy atom. The van der Waals surface area contributed by atoms with Crippen LogP contribution in [-0.2, 0) is 11.3 Å². The molecule has 3 rings (SSSR count). The van der Waals surface area contributed by atoms with E-state index in [0.29, 0.717) is 5.56 Å². The van der Waals surface area contributed by atoms with Crippen LogP contribution in [0.3, 0.4) is 0 Å². The zero-order valence-corrected chi connectivity index (χ0v) is 13.8. The number of benzene rings is 2. The lowest BCUT2D eigenvalue weighted by Gasteiger charge is -2.06. The number of anilines is 1. The van der Waals surface area contributed by atoms with Gasteiger partial charge in [-0.25, -0.2) is 4.79 Å². The van der Waals surface area contributed by atoms with E-state index in [1.807, 2.05) is 0 Å². The fourth-order valence-corrected chi connectivity index (χ4v) is 2.25. The number of aromatic nitrogens is 2. The van der Waals surface area contributed by atoms with E-state index >= 15 is 0 Å². The molecule has 0 spiro atoms. The quantitative estimate of drug-likeness (QED) is 0.311. The smallest absolute Gasteiger partial charge is 0.340 e. The van der Waals surface area contributed by atoms with Crippen molar-refractivity contribution in [2.75, 3.05) is 5.73 Å². The van der Waals surface area contributed by atoms with Crippen LogP contribution in [0.2, 0.25) is 5.02 Å². The molecule has 0 fully saturated rings. The summed E-state index contributed by atoms with van der Waals surface area (Å²) < 4.78 is 10.5. The van der Waals surface area contributed by atoms with E-state index in [0.717, 1.165) is 0 Å². The van der Waals surface area contributed by atoms with Crippen LogP contribution in [0.4, 0.5) is 11.4 Å². The minimum absolute atomic E-state index is 0.0541. The largest absolute Gasteiger partial charge is 0.452 e. The fraction of sp³-hybridized carbons (Fsp3) is 0.0625. The maximum absolute atomic E-state index is 12.1. The first-order chi connectivity index (χ1) is 12.5. The number of esters is 1. The Hall–Kier alpha value is -3.46. The number of ether oxygens (including phenoxy) is 1. The highest BCUT2D eigenvalue weighted by Crippen LogP contribution is 2.24. The molecular formula is C16H11ClN4O5. The summed E-state index contributed by atoms with van der Waals surface area (Å²) in [4.78, 5) is 22.2. The maximum Gasteiger partial charge on any atom is 0.340 e. The van der Waals surface area contributed by atoms with Crippen LogP contribution in [0, 0.1) is 10.1 Å². The Balaban J connectivity index is 1.68. The van der Waals surface area contributed by atoms with E-state index in [4.69, 9.17) is 26.5 Å². The fourth-order valence-electron chi connectivity index (χ4n) is 2.07. The van der Waals surface area contributed by atoms with Gasteiger partial charge in [0.1, 0.15) is 0 Å². The third-order valence-electron chi connectivity index (χ3n) is 3.39. The van der Waals surface area contributed by atoms with Crippen LogP contribution in [0.15, 0.2) is 46.9 Å². The van der Waals surface area contributed by atoms with Gasteiger partial charge in [0.2, 0.25) is 5.89 Å². The van der Waals surface area contributed by atoms with Gasteiger partial charge >= 0.3 is 5.97 Å². The molecule has 10 heteroatoms. The summed E-state index contributed by atoms with van der Waals surface area (Å²) in [7, 11) is 0. The summed E-state index contributed by atoms with van der Waals surface area (Å²) in [5.41, 5.74) is 6.43. The second kappa shape index (κ2) is 7.19. The number of non-ortho nitro benzene ring substituents is 1. The van der Waals surface area contributed by atoms with Crippen molar-refractivity contribution in [3.8, 4) is 11.5 Å². The van der Waals surface area contributed by atoms with Crippen molar-refractivity contribution >= 4 is 28.9 Å². The number of para-hydroxylation sites is 1. The van der Waals surface area contributed by atoms with Crippen LogP contribution >= 0.6 is 11.6 Å². The number of hydrogen-bond acceptors (Lipinski definition) is 8. The van der Waals surface area contributed by atoms with Crippen molar-refractivity contribution < 1.29 is 18.9 Å². The first-order valence-corrected chi connectivity index (χ1v) is 7.62. The number of nitrogens with two attached hydrogens (primary N) is 1. The molecular weight excluding hydrogens is 364 g/mol. The summed E-state index contributed by atoms with van der Waals surface area (Å²) in [5, 5.41) is 18.5. The normalized spacial score (nSPS) is 10.5. The monoisotopic (exact) mass is 374 g/mol. The number of nitrogens with zero attached hydrogens (tertiary/aromatic N) is 3. The van der Waals surface area contributed by atoms with Crippen LogP contribution < -0.4 is 5.73 Å². The molecule has 26 heavy (non-hydrogen) atoms. The van der Waals surface area contributed by atoms with E-state index in [-0.39, 0.29) is 40.3 Å². The van der Waals surface area contributed by atoms with Crippen molar-refractivity contribution in [1.82, 2.24) is 10.2 Å². The third-order valence-corrected chi connectivity index (χ3v) is 3.72. The SMILES string of the molecule is Nc1c(Cl)cccc1C(=O)OCc1nnc(-c2ccc([N+](=O)[O-])cc2)o1. The van der Waals surface area contributed by atoms with Crippen LogP contribution in [0.5, 0.6) is 0 Å². The van der Waals surface area contributed by atoms with Gasteiger partial charge in [0.25, 0.3) is 11.6 Å². The summed E-state index contributed by atoms with van der Waals surface area (Å²) in [6.07, 6.45) is 0. The molecule has 0 aliphatic rings. The predicted octanol–water partition coefficient (Wildman–Crippen LogP) is 3.24. The molecule has 2 N–H and O–H groups in total. The number of nitrogen functional groups attached to an aromatic ring is 1. The molecule has 0 unspecified atom stereocenters. The lowest BCUT2D eigenvalue weighted by atomic mass is 10.2. The minimum Gasteiger partial charge on any atom is -0.452 e. The summed E-state index contributed by atoms with van der Waals surface area (Å²) in [5.74, 6) is -0.472. The molecule has 1 heterocycles. The molecule has 0 atom stereocenters. The average Bonchev–Trinajstić information content (AvgIpc) is 3.11. The van der Waals surface area contributed by atoms with Crippen molar-refractivity contribution in [1.29, 1.82) is 0 Å².